The van der Waals surface area contributed by atoms with Crippen LogP contribution in [0.25, 0.3) is 0 Å². The van der Waals surface area contributed by atoms with Crippen molar-refractivity contribution in [3.8, 4) is 0 Å². The van der Waals surface area contributed by atoms with Crippen LogP contribution in [-0.4, -0.2) is 24.7 Å². The fourth-order valence-electron chi connectivity index (χ4n) is 2.04. The maximum Gasteiger partial charge on any atom is 0.315 e. The van der Waals surface area contributed by atoms with Crippen LogP contribution in [0.2, 0.25) is 0 Å². The van der Waals surface area contributed by atoms with E-state index in [4.69, 9.17) is 9.47 Å². The lowest BCUT2D eigenvalue weighted by Crippen LogP contribution is -2.20. The molecular formula is C13H19NO3S. The third-order valence-electron chi connectivity index (χ3n) is 3.31. The quantitative estimate of drug-likeness (QED) is 0.788. The summed E-state index contributed by atoms with van der Waals surface area (Å²) in [5.41, 5.74) is 0.507. The first kappa shape index (κ1) is 13.5. The second kappa shape index (κ2) is 4.97. The van der Waals surface area contributed by atoms with Crippen molar-refractivity contribution >= 4 is 17.3 Å². The number of carbonyl (C=O) groups is 1. The lowest BCUT2D eigenvalue weighted by molar-refractivity contribution is -0.145. The van der Waals surface area contributed by atoms with Crippen molar-refractivity contribution in [2.24, 2.45) is 0 Å². The molecule has 1 unspecified atom stereocenters. The second-order valence-electron chi connectivity index (χ2n) is 4.89. The molecular weight excluding hydrogens is 250 g/mol. The van der Waals surface area contributed by atoms with Crippen LogP contribution in [0.15, 0.2) is 0 Å². The van der Waals surface area contributed by atoms with Gasteiger partial charge in [-0.1, -0.05) is 0 Å². The number of hydrogen-bond acceptors (Lipinski definition) is 5. The summed E-state index contributed by atoms with van der Waals surface area (Å²) in [5, 5.41) is 0.934. The van der Waals surface area contributed by atoms with Gasteiger partial charge in [-0.25, -0.2) is 4.98 Å². The van der Waals surface area contributed by atoms with Crippen molar-refractivity contribution in [3.05, 3.63) is 15.6 Å². The van der Waals surface area contributed by atoms with E-state index in [1.807, 2.05) is 20.8 Å². The predicted molar refractivity (Wildman–Crippen MR) is 69.8 cm³/mol. The Morgan fingerprint density at radius 3 is 2.89 bits per heavy atom. The van der Waals surface area contributed by atoms with Gasteiger partial charge in [-0.2, -0.15) is 0 Å². The predicted octanol–water partition coefficient (Wildman–Crippen LogP) is 2.62. The topological polar surface area (TPSA) is 48.4 Å². The van der Waals surface area contributed by atoms with Gasteiger partial charge >= 0.3 is 5.97 Å². The van der Waals surface area contributed by atoms with Crippen molar-refractivity contribution < 1.29 is 14.3 Å². The van der Waals surface area contributed by atoms with E-state index in [1.54, 1.807) is 18.4 Å². The lowest BCUT2D eigenvalue weighted by Gasteiger charge is -2.19. The maximum absolute atomic E-state index is 11.8. The Labute approximate surface area is 111 Å². The number of aromatic nitrogens is 1. The molecule has 1 aromatic rings. The Balaban J connectivity index is 2.26. The Morgan fingerprint density at radius 2 is 2.28 bits per heavy atom. The average Bonchev–Trinajstić information content (AvgIpc) is 2.88. The molecule has 0 radical (unpaired) electrons. The summed E-state index contributed by atoms with van der Waals surface area (Å²) in [7, 11) is 1.68. The van der Waals surface area contributed by atoms with Gasteiger partial charge in [0.25, 0.3) is 0 Å². The largest absolute Gasteiger partial charge is 0.465 e. The van der Waals surface area contributed by atoms with Gasteiger partial charge in [0.2, 0.25) is 0 Å². The van der Waals surface area contributed by atoms with E-state index in [1.165, 1.54) is 4.88 Å². The normalized spacial score (nSPS) is 18.8. The number of hydrogen-bond donors (Lipinski definition) is 0. The summed E-state index contributed by atoms with van der Waals surface area (Å²) < 4.78 is 10.5. The number of aryl methyl sites for hydroxylation is 1. The van der Waals surface area contributed by atoms with Crippen LogP contribution in [0.1, 0.15) is 48.7 Å². The van der Waals surface area contributed by atoms with Gasteiger partial charge in [-0.15, -0.1) is 11.3 Å². The van der Waals surface area contributed by atoms with Crippen molar-refractivity contribution in [2.75, 3.05) is 13.7 Å². The highest BCUT2D eigenvalue weighted by molar-refractivity contribution is 7.12. The van der Waals surface area contributed by atoms with Crippen molar-refractivity contribution in [1.82, 2.24) is 4.98 Å². The van der Waals surface area contributed by atoms with Crippen molar-refractivity contribution in [1.29, 1.82) is 0 Å². The molecule has 4 nitrogen and oxygen atoms in total. The van der Waals surface area contributed by atoms with Crippen LogP contribution >= 0.6 is 11.3 Å². The van der Waals surface area contributed by atoms with Crippen LogP contribution < -0.4 is 0 Å². The van der Waals surface area contributed by atoms with Gasteiger partial charge in [-0.05, 0) is 33.6 Å². The van der Waals surface area contributed by atoms with E-state index in [-0.39, 0.29) is 11.9 Å². The molecule has 0 saturated carbocycles. The standard InChI is InChI=1S/C13H19NO3S/c1-5-17-11(15)8-6-7-9-10(8)14-12(18-9)13(2,3)16-4/h8H,5-7H2,1-4H3. The molecule has 1 aromatic heterocycles. The number of ether oxygens (including phenoxy) is 2. The number of nitrogens with zero attached hydrogens (tertiary/aromatic N) is 1. The molecule has 0 spiro atoms. The van der Waals surface area contributed by atoms with Crippen LogP contribution in [0.5, 0.6) is 0 Å². The molecule has 1 aliphatic rings. The van der Waals surface area contributed by atoms with Gasteiger partial charge in [-0.3, -0.25) is 4.79 Å². The Kier molecular flexibility index (Phi) is 3.73. The van der Waals surface area contributed by atoms with E-state index >= 15 is 0 Å². The Morgan fingerprint density at radius 1 is 1.56 bits per heavy atom. The molecule has 0 N–H and O–H groups in total. The minimum atomic E-state index is -0.395. The zero-order chi connectivity index (χ0) is 13.3. The SMILES string of the molecule is CCOC(=O)C1CCc2sc(C(C)(C)OC)nc21. The van der Waals surface area contributed by atoms with Gasteiger partial charge in [0.15, 0.2) is 0 Å². The van der Waals surface area contributed by atoms with Gasteiger partial charge in [0.1, 0.15) is 16.5 Å². The molecule has 0 aliphatic heterocycles. The smallest absolute Gasteiger partial charge is 0.315 e. The zero-order valence-corrected chi connectivity index (χ0v) is 12.1. The van der Waals surface area contributed by atoms with E-state index < -0.39 is 5.60 Å². The first-order valence-electron chi connectivity index (χ1n) is 6.21. The number of methoxy groups -OCH3 is 1. The van der Waals surface area contributed by atoms with Crippen LogP contribution in [0.3, 0.4) is 0 Å². The molecule has 2 rings (SSSR count). The highest BCUT2D eigenvalue weighted by Crippen LogP contribution is 2.40. The lowest BCUT2D eigenvalue weighted by atomic mass is 10.1. The first-order valence-corrected chi connectivity index (χ1v) is 7.03. The number of fused-ring (bicyclic) bond motifs is 1. The fourth-order valence-corrected chi connectivity index (χ4v) is 3.26. The van der Waals surface area contributed by atoms with Gasteiger partial charge in [0.05, 0.1) is 12.3 Å². The summed E-state index contributed by atoms with van der Waals surface area (Å²) in [6.07, 6.45) is 1.73. The molecule has 18 heavy (non-hydrogen) atoms. The van der Waals surface area contributed by atoms with E-state index in [0.29, 0.717) is 6.61 Å². The highest BCUT2D eigenvalue weighted by Gasteiger charge is 2.36. The minimum Gasteiger partial charge on any atom is -0.465 e. The molecule has 0 saturated heterocycles. The highest BCUT2D eigenvalue weighted by atomic mass is 32.1. The second-order valence-corrected chi connectivity index (χ2v) is 5.97. The molecule has 1 aliphatic carbocycles. The molecule has 1 heterocycles. The number of rotatable bonds is 4. The number of carbonyl (C=O) groups excluding carboxylic acids is 1. The molecule has 0 fully saturated rings. The summed E-state index contributed by atoms with van der Waals surface area (Å²) >= 11 is 1.65. The van der Waals surface area contributed by atoms with Crippen LogP contribution in [0, 0.1) is 0 Å². The summed E-state index contributed by atoms with van der Waals surface area (Å²) in [4.78, 5) is 17.7. The van der Waals surface area contributed by atoms with Crippen molar-refractivity contribution in [3.63, 3.8) is 0 Å². The molecule has 0 aromatic carbocycles. The first-order chi connectivity index (χ1) is 8.49. The molecule has 5 heteroatoms. The summed E-state index contributed by atoms with van der Waals surface area (Å²) in [5.74, 6) is -0.332. The fraction of sp³-hybridized carbons (Fsp3) is 0.692. The van der Waals surface area contributed by atoms with E-state index in [2.05, 4.69) is 4.98 Å². The van der Waals surface area contributed by atoms with Gasteiger partial charge < -0.3 is 9.47 Å². The van der Waals surface area contributed by atoms with Crippen LogP contribution in [-0.2, 0) is 26.3 Å². The third-order valence-corrected chi connectivity index (χ3v) is 4.75. The van der Waals surface area contributed by atoms with Crippen LogP contribution in [0.4, 0.5) is 0 Å². The molecule has 0 bridgehead atoms. The van der Waals surface area contributed by atoms with Crippen molar-refractivity contribution in [2.45, 2.75) is 45.1 Å². The monoisotopic (exact) mass is 269 g/mol. The number of esters is 1. The summed E-state index contributed by atoms with van der Waals surface area (Å²) in [6, 6.07) is 0. The number of thiazole rings is 1. The molecule has 0 amide bonds. The molecule has 100 valence electrons. The Bertz CT molecular complexity index is 453. The zero-order valence-electron chi connectivity index (χ0n) is 11.3. The average molecular weight is 269 g/mol. The molecule has 1 atom stereocenters. The van der Waals surface area contributed by atoms with E-state index in [9.17, 15) is 4.79 Å². The Hall–Kier alpha value is -0.940. The summed E-state index contributed by atoms with van der Waals surface area (Å²) in [6.45, 7) is 6.22. The van der Waals surface area contributed by atoms with E-state index in [0.717, 1.165) is 23.5 Å². The third kappa shape index (κ3) is 2.29. The minimum absolute atomic E-state index is 0.150. The maximum atomic E-state index is 11.8. The van der Waals surface area contributed by atoms with Gasteiger partial charge in [0, 0.05) is 12.0 Å².